The summed E-state index contributed by atoms with van der Waals surface area (Å²) in [5.74, 6) is -4.50. The van der Waals surface area contributed by atoms with E-state index in [-0.39, 0.29) is 38.1 Å². The van der Waals surface area contributed by atoms with Gasteiger partial charge in [-0.05, 0) is 46.0 Å². The number of hydrogen-bond acceptors (Lipinski definition) is 15. The van der Waals surface area contributed by atoms with E-state index in [2.05, 4.69) is 41.5 Å². The van der Waals surface area contributed by atoms with Crippen LogP contribution < -0.4 is 21.7 Å². The highest BCUT2D eigenvalue weighted by Crippen LogP contribution is 2.33. The molecule has 0 aromatic rings. The molecule has 87 heavy (non-hydrogen) atoms. The van der Waals surface area contributed by atoms with E-state index in [0.29, 0.717) is 19.3 Å². The number of amides is 4. The van der Waals surface area contributed by atoms with Crippen molar-refractivity contribution in [3.8, 4) is 0 Å². The first-order valence-corrected chi connectivity index (χ1v) is 35.6. The Labute approximate surface area is 530 Å². The topological polar surface area (TPSA) is 265 Å². The Kier molecular flexibility index (Phi) is 50.4. The maximum absolute atomic E-state index is 14.3. The third-order valence-corrected chi connectivity index (χ3v) is 17.6. The number of carbonyl (C=O) groups excluding carboxylic acids is 8. The Morgan fingerprint density at radius 2 is 0.966 bits per heavy atom. The maximum atomic E-state index is 14.3. The van der Waals surface area contributed by atoms with E-state index >= 15 is 0 Å². The number of nitrogens with one attached hydrogen (secondary N) is 3. The van der Waals surface area contributed by atoms with Gasteiger partial charge in [0, 0.05) is 26.2 Å². The van der Waals surface area contributed by atoms with Crippen LogP contribution in [0.15, 0.2) is 0 Å². The summed E-state index contributed by atoms with van der Waals surface area (Å²) in [6, 6.07) is -3.72. The summed E-state index contributed by atoms with van der Waals surface area (Å²) < 4.78 is 29.0. The molecular weight excluding hydrogens is 1130 g/mol. The average molecular weight is 1250 g/mol. The molecule has 1 aliphatic rings. The molecule has 0 aromatic heterocycles. The van der Waals surface area contributed by atoms with Crippen LogP contribution in [0.2, 0.25) is 0 Å². The molecule has 1 rings (SSSR count). The van der Waals surface area contributed by atoms with Crippen LogP contribution in [0.5, 0.6) is 0 Å². The fraction of sp³-hybridized carbons (Fsp3) is 0.882. The zero-order chi connectivity index (χ0) is 64.3. The van der Waals surface area contributed by atoms with E-state index in [4.69, 9.17) is 24.7 Å². The van der Waals surface area contributed by atoms with Gasteiger partial charge in [-0.2, -0.15) is 0 Å². The van der Waals surface area contributed by atoms with Gasteiger partial charge < -0.3 is 50.5 Å². The van der Waals surface area contributed by atoms with Crippen LogP contribution in [0.4, 0.5) is 0 Å². The molecule has 0 saturated carbocycles. The fourth-order valence-corrected chi connectivity index (χ4v) is 12.1. The molecule has 0 bridgehead atoms. The van der Waals surface area contributed by atoms with Crippen molar-refractivity contribution in [1.29, 1.82) is 0 Å². The number of ether oxygens (including phenoxy) is 5. The van der Waals surface area contributed by atoms with Crippen LogP contribution in [0.25, 0.3) is 0 Å². The highest BCUT2D eigenvalue weighted by atomic mass is 32.2. The molecule has 6 N–H and O–H groups in total. The van der Waals surface area contributed by atoms with Gasteiger partial charge in [0.1, 0.15) is 54.6 Å². The molecular formula is C68H124N4O14S. The highest BCUT2D eigenvalue weighted by Gasteiger charge is 2.49. The lowest BCUT2D eigenvalue weighted by atomic mass is 9.97. The number of methoxy groups -OCH3 is 1. The number of carbonyl (C=O) groups is 8. The second-order valence-electron chi connectivity index (χ2n) is 24.6. The molecule has 506 valence electrons. The van der Waals surface area contributed by atoms with Crippen LogP contribution in [0.1, 0.15) is 318 Å². The summed E-state index contributed by atoms with van der Waals surface area (Å²) in [5, 5.41) is 19.3. The Balaban J connectivity index is 3.20. The van der Waals surface area contributed by atoms with Crippen molar-refractivity contribution in [2.45, 2.75) is 372 Å². The molecule has 1 fully saturated rings. The van der Waals surface area contributed by atoms with Gasteiger partial charge >= 0.3 is 17.9 Å². The van der Waals surface area contributed by atoms with Crippen LogP contribution >= 0.6 is 11.8 Å². The molecule has 0 radical (unpaired) electrons. The first-order chi connectivity index (χ1) is 42.0. The summed E-state index contributed by atoms with van der Waals surface area (Å²) in [6.45, 7) is 10.2. The normalized spacial score (nSPS) is 18.0. The van der Waals surface area contributed by atoms with Crippen LogP contribution in [-0.4, -0.2) is 120 Å². The van der Waals surface area contributed by atoms with E-state index in [1.54, 1.807) is 0 Å². The van der Waals surface area contributed by atoms with Crippen LogP contribution in [-0.2, 0) is 62.0 Å². The van der Waals surface area contributed by atoms with E-state index in [0.717, 1.165) is 76.0 Å². The lowest BCUT2D eigenvalue weighted by molar-refractivity contribution is -0.204. The van der Waals surface area contributed by atoms with Gasteiger partial charge in [-0.3, -0.25) is 38.4 Å². The summed E-state index contributed by atoms with van der Waals surface area (Å²) in [6.07, 6.45) is 37.0. The van der Waals surface area contributed by atoms with E-state index in [9.17, 15) is 43.5 Å². The molecule has 19 heteroatoms. The quantitative estimate of drug-likeness (QED) is 0.0215. The molecule has 1 unspecified atom stereocenters. The largest absolute Gasteiger partial charge is 0.469 e. The minimum atomic E-state index is -1.61. The number of aliphatic hydroxyl groups is 1. The van der Waals surface area contributed by atoms with Gasteiger partial charge in [-0.15, -0.1) is 0 Å². The molecule has 1 saturated heterocycles. The summed E-state index contributed by atoms with van der Waals surface area (Å²) in [5.41, 5.74) is 4.24. The SMILES string of the molecule is CCCCCCCCCCCCCCCCCC(=O)OC[C@H]1O[C@@H](SC(=O)C[C@@H](CCCCCCCCCCC)OC(=O)CCCCCCCCCCCCCCC)[C@H](NC(C)=O)[C@H](OC(C)C(=O)N[C@@H](C)C(=O)N[C@H](CCC(=O)OC)C(N)=O)[C@@H]1O. The van der Waals surface area contributed by atoms with Crippen LogP contribution in [0, 0.1) is 0 Å². The van der Waals surface area contributed by atoms with Crippen molar-refractivity contribution >= 4 is 58.4 Å². The molecule has 18 nitrogen and oxygen atoms in total. The fourth-order valence-electron chi connectivity index (χ4n) is 11.0. The van der Waals surface area contributed by atoms with Crippen molar-refractivity contribution in [3.63, 3.8) is 0 Å². The van der Waals surface area contributed by atoms with Crippen LogP contribution in [0.3, 0.4) is 0 Å². The average Bonchev–Trinajstić information content (AvgIpc) is 1.33. The number of hydrogen-bond donors (Lipinski definition) is 5. The predicted octanol–water partition coefficient (Wildman–Crippen LogP) is 13.5. The number of nitrogens with two attached hydrogens (primary N) is 1. The molecule has 1 heterocycles. The maximum Gasteiger partial charge on any atom is 0.306 e. The van der Waals surface area contributed by atoms with E-state index in [1.165, 1.54) is 188 Å². The second kappa shape index (κ2) is 54.0. The lowest BCUT2D eigenvalue weighted by Crippen LogP contribution is -2.65. The molecule has 0 aromatic carbocycles. The number of aliphatic hydroxyl groups excluding tert-OH is 1. The Morgan fingerprint density at radius 1 is 0.540 bits per heavy atom. The van der Waals surface area contributed by atoms with Gasteiger partial charge in [-0.1, -0.05) is 251 Å². The number of rotatable bonds is 57. The van der Waals surface area contributed by atoms with Gasteiger partial charge in [-0.25, -0.2) is 0 Å². The first-order valence-electron chi connectivity index (χ1n) is 34.7. The number of esters is 3. The monoisotopic (exact) mass is 1250 g/mol. The standard InChI is InChI=1S/C68H124N4O14S/c1-8-11-14-17-20-23-25-27-28-30-31-34-37-40-43-46-59(75)83-51-57-63(78)64(84-53(5)67(81)70-52(4)66(80)72-56(65(69)79)48-49-58(74)82-7)62(71-54(6)73)68(86-57)87-61(77)50-55(45-42-39-36-33-22-19-16-13-10-3)85-60(76)47-44-41-38-35-32-29-26-24-21-18-15-12-9-2/h52-53,55-57,62-64,68,78H,8-51H2,1-7H3,(H2,69,79)(H,70,81)(H,71,73)(H,72,80)/t52-,53?,55+,56+,57+,62+,63+,64-,68-/m0/s1. The smallest absolute Gasteiger partial charge is 0.306 e. The molecule has 0 aliphatic carbocycles. The molecule has 4 amide bonds. The Morgan fingerprint density at radius 3 is 1.39 bits per heavy atom. The first kappa shape index (κ1) is 81.2. The van der Waals surface area contributed by atoms with Gasteiger partial charge in [0.25, 0.3) is 0 Å². The van der Waals surface area contributed by atoms with Crippen molar-refractivity contribution < 1.29 is 67.1 Å². The minimum Gasteiger partial charge on any atom is -0.469 e. The zero-order valence-corrected chi connectivity index (χ0v) is 56.4. The van der Waals surface area contributed by atoms with Crippen molar-refractivity contribution in [2.24, 2.45) is 5.73 Å². The Hall–Kier alpha value is -3.81. The minimum absolute atomic E-state index is 0.136. The molecule has 1 aliphatic heterocycles. The van der Waals surface area contributed by atoms with Gasteiger partial charge in [0.15, 0.2) is 5.12 Å². The number of thioether (sulfide) groups is 1. The highest BCUT2D eigenvalue weighted by molar-refractivity contribution is 8.14. The summed E-state index contributed by atoms with van der Waals surface area (Å²) in [4.78, 5) is 105. The van der Waals surface area contributed by atoms with Crippen molar-refractivity contribution in [3.05, 3.63) is 0 Å². The zero-order valence-electron chi connectivity index (χ0n) is 55.5. The summed E-state index contributed by atoms with van der Waals surface area (Å²) in [7, 11) is 1.19. The van der Waals surface area contributed by atoms with Gasteiger partial charge in [0.2, 0.25) is 23.6 Å². The van der Waals surface area contributed by atoms with Crippen molar-refractivity contribution in [1.82, 2.24) is 16.0 Å². The third-order valence-electron chi connectivity index (χ3n) is 16.5. The second-order valence-corrected chi connectivity index (χ2v) is 25.8. The van der Waals surface area contributed by atoms with E-state index < -0.39 is 101 Å². The number of primary amides is 1. The van der Waals surface area contributed by atoms with E-state index in [1.807, 2.05) is 0 Å². The Bertz CT molecular complexity index is 1850. The molecule has 9 atom stereocenters. The third kappa shape index (κ3) is 42.7. The van der Waals surface area contributed by atoms with Gasteiger partial charge in [0.05, 0.1) is 19.6 Å². The predicted molar refractivity (Wildman–Crippen MR) is 346 cm³/mol. The lowest BCUT2D eigenvalue weighted by Gasteiger charge is -2.44. The molecule has 0 spiro atoms. The van der Waals surface area contributed by atoms with Crippen molar-refractivity contribution in [2.75, 3.05) is 13.7 Å². The number of unbranched alkanes of at least 4 members (excludes halogenated alkanes) is 34. The summed E-state index contributed by atoms with van der Waals surface area (Å²) >= 11 is 0.743.